The molecule has 0 saturated heterocycles. The summed E-state index contributed by atoms with van der Waals surface area (Å²) in [5.74, 6) is 0.643. The fraction of sp³-hybridized carbons (Fsp3) is 0.533. The van der Waals surface area contributed by atoms with Crippen molar-refractivity contribution in [3.8, 4) is 5.75 Å². The van der Waals surface area contributed by atoms with Gasteiger partial charge in [-0.05, 0) is 42.4 Å². The highest BCUT2D eigenvalue weighted by atomic mass is 79.9. The van der Waals surface area contributed by atoms with Gasteiger partial charge < -0.3 is 15.4 Å². The fourth-order valence-corrected chi connectivity index (χ4v) is 2.28. The smallest absolute Gasteiger partial charge is 0.260 e. The van der Waals surface area contributed by atoms with Gasteiger partial charge >= 0.3 is 0 Å². The molecule has 0 aromatic heterocycles. The Morgan fingerprint density at radius 3 is 2.85 bits per heavy atom. The van der Waals surface area contributed by atoms with Gasteiger partial charge in [-0.3, -0.25) is 4.79 Å². The first-order valence-electron chi connectivity index (χ1n) is 6.96. The normalized spacial score (nSPS) is 12.0. The van der Waals surface area contributed by atoms with Crippen molar-refractivity contribution in [1.29, 1.82) is 0 Å². The Bertz CT molecular complexity index is 438. The van der Waals surface area contributed by atoms with E-state index in [1.165, 1.54) is 0 Å². The number of para-hydroxylation sites is 1. The molecular weight excluding hydrogens is 320 g/mol. The molecular formula is C15H23BrN2O2. The number of hydrogen-bond acceptors (Lipinski definition) is 3. The number of carbonyl (C=O) groups excluding carboxylic acids is 1. The molecule has 0 aliphatic carbocycles. The highest BCUT2D eigenvalue weighted by Crippen LogP contribution is 2.30. The highest BCUT2D eigenvalue weighted by Gasteiger charge is 2.17. The van der Waals surface area contributed by atoms with E-state index in [9.17, 15) is 4.79 Å². The average Bonchev–Trinajstić information content (AvgIpc) is 2.43. The summed E-state index contributed by atoms with van der Waals surface area (Å²) in [4.78, 5) is 11.9. The molecule has 0 aliphatic heterocycles. The Balaban J connectivity index is 2.69. The van der Waals surface area contributed by atoms with E-state index in [-0.39, 0.29) is 5.91 Å². The maximum atomic E-state index is 11.9. The monoisotopic (exact) mass is 342 g/mol. The molecule has 112 valence electrons. The first-order chi connectivity index (χ1) is 9.60. The molecule has 2 N–H and O–H groups in total. The third-order valence-corrected chi connectivity index (χ3v) is 3.53. The Hall–Kier alpha value is -1.07. The van der Waals surface area contributed by atoms with Crippen LogP contribution in [0, 0.1) is 0 Å². The molecule has 1 aromatic rings. The van der Waals surface area contributed by atoms with Crippen molar-refractivity contribution in [2.45, 2.75) is 39.3 Å². The van der Waals surface area contributed by atoms with E-state index in [1.807, 2.05) is 25.2 Å². The van der Waals surface area contributed by atoms with E-state index in [4.69, 9.17) is 4.74 Å². The number of rotatable bonds is 8. The summed E-state index contributed by atoms with van der Waals surface area (Å²) in [5, 5.41) is 5.97. The molecule has 1 unspecified atom stereocenters. The lowest BCUT2D eigenvalue weighted by Gasteiger charge is -2.18. The third kappa shape index (κ3) is 5.13. The Kier molecular flexibility index (Phi) is 7.62. The zero-order chi connectivity index (χ0) is 15.0. The molecule has 0 fully saturated rings. The fourth-order valence-electron chi connectivity index (χ4n) is 1.78. The van der Waals surface area contributed by atoms with E-state index in [1.54, 1.807) is 6.92 Å². The number of nitrogens with one attached hydrogen (secondary N) is 2. The molecule has 1 rings (SSSR count). The van der Waals surface area contributed by atoms with Crippen molar-refractivity contribution in [2.75, 3.05) is 13.6 Å². The maximum Gasteiger partial charge on any atom is 0.260 e. The largest absolute Gasteiger partial charge is 0.479 e. The lowest BCUT2D eigenvalue weighted by Crippen LogP contribution is -2.37. The number of amides is 1. The summed E-state index contributed by atoms with van der Waals surface area (Å²) in [6.07, 6.45) is 1.53. The molecule has 1 amide bonds. The number of carbonyl (C=O) groups is 1. The minimum Gasteiger partial charge on any atom is -0.479 e. The summed E-state index contributed by atoms with van der Waals surface area (Å²) in [7, 11) is 1.88. The van der Waals surface area contributed by atoms with Crippen LogP contribution in [0.5, 0.6) is 5.75 Å². The minimum absolute atomic E-state index is 0.0791. The van der Waals surface area contributed by atoms with Crippen LogP contribution in [0.25, 0.3) is 0 Å². The van der Waals surface area contributed by atoms with E-state index in [2.05, 4.69) is 33.5 Å². The van der Waals surface area contributed by atoms with E-state index in [0.717, 1.165) is 28.6 Å². The van der Waals surface area contributed by atoms with Crippen molar-refractivity contribution in [3.63, 3.8) is 0 Å². The Morgan fingerprint density at radius 1 is 1.45 bits per heavy atom. The van der Waals surface area contributed by atoms with Crippen molar-refractivity contribution >= 4 is 21.8 Å². The van der Waals surface area contributed by atoms with Gasteiger partial charge in [0.1, 0.15) is 5.75 Å². The molecule has 1 atom stereocenters. The Morgan fingerprint density at radius 2 is 2.20 bits per heavy atom. The van der Waals surface area contributed by atoms with Gasteiger partial charge in [0.05, 0.1) is 4.47 Å². The van der Waals surface area contributed by atoms with Gasteiger partial charge in [-0.25, -0.2) is 0 Å². The molecule has 0 saturated carbocycles. The molecule has 0 radical (unpaired) electrons. The molecule has 4 nitrogen and oxygen atoms in total. The van der Waals surface area contributed by atoms with E-state index in [0.29, 0.717) is 13.1 Å². The van der Waals surface area contributed by atoms with Gasteiger partial charge in [0.15, 0.2) is 6.10 Å². The summed E-state index contributed by atoms with van der Waals surface area (Å²) in [6.45, 7) is 5.25. The van der Waals surface area contributed by atoms with Gasteiger partial charge in [0, 0.05) is 18.7 Å². The SMILES string of the molecule is CCCCNC(=O)C(C)Oc1c(Br)cccc1CNC. The van der Waals surface area contributed by atoms with Crippen LogP contribution >= 0.6 is 15.9 Å². The lowest BCUT2D eigenvalue weighted by atomic mass is 10.2. The van der Waals surface area contributed by atoms with Crippen LogP contribution in [0.1, 0.15) is 32.3 Å². The predicted octanol–water partition coefficient (Wildman–Crippen LogP) is 2.85. The highest BCUT2D eigenvalue weighted by molar-refractivity contribution is 9.10. The number of benzene rings is 1. The van der Waals surface area contributed by atoms with Gasteiger partial charge in [-0.15, -0.1) is 0 Å². The molecule has 5 heteroatoms. The van der Waals surface area contributed by atoms with Crippen LogP contribution in [0.3, 0.4) is 0 Å². The van der Waals surface area contributed by atoms with Crippen molar-refractivity contribution in [1.82, 2.24) is 10.6 Å². The maximum absolute atomic E-state index is 11.9. The summed E-state index contributed by atoms with van der Waals surface area (Å²) < 4.78 is 6.68. The second-order valence-corrected chi connectivity index (χ2v) is 5.52. The first-order valence-corrected chi connectivity index (χ1v) is 7.75. The van der Waals surface area contributed by atoms with Crippen LogP contribution < -0.4 is 15.4 Å². The van der Waals surface area contributed by atoms with Crippen molar-refractivity contribution in [2.24, 2.45) is 0 Å². The third-order valence-electron chi connectivity index (χ3n) is 2.91. The zero-order valence-electron chi connectivity index (χ0n) is 12.3. The summed E-state index contributed by atoms with van der Waals surface area (Å²) in [6, 6.07) is 5.85. The van der Waals surface area contributed by atoms with Gasteiger partial charge in [0.2, 0.25) is 0 Å². The number of hydrogen-bond donors (Lipinski definition) is 2. The van der Waals surface area contributed by atoms with Crippen molar-refractivity contribution in [3.05, 3.63) is 28.2 Å². The number of unbranched alkanes of at least 4 members (excludes halogenated alkanes) is 1. The molecule has 0 heterocycles. The van der Waals surface area contributed by atoms with Crippen LogP contribution in [0.4, 0.5) is 0 Å². The van der Waals surface area contributed by atoms with Gasteiger partial charge in [-0.1, -0.05) is 25.5 Å². The predicted molar refractivity (Wildman–Crippen MR) is 84.9 cm³/mol. The molecule has 20 heavy (non-hydrogen) atoms. The van der Waals surface area contributed by atoms with Crippen molar-refractivity contribution < 1.29 is 9.53 Å². The molecule has 0 spiro atoms. The average molecular weight is 343 g/mol. The summed E-state index contributed by atoms with van der Waals surface area (Å²) in [5.41, 5.74) is 1.02. The number of ether oxygens (including phenoxy) is 1. The molecule has 0 bridgehead atoms. The van der Waals surface area contributed by atoms with Crippen LogP contribution in [-0.4, -0.2) is 25.6 Å². The second-order valence-electron chi connectivity index (χ2n) is 4.66. The first kappa shape index (κ1) is 17.0. The zero-order valence-corrected chi connectivity index (χ0v) is 13.9. The number of halogens is 1. The Labute approximate surface area is 129 Å². The van der Waals surface area contributed by atoms with Crippen LogP contribution in [-0.2, 0) is 11.3 Å². The van der Waals surface area contributed by atoms with E-state index < -0.39 is 6.10 Å². The second kappa shape index (κ2) is 8.97. The molecule has 1 aromatic carbocycles. The topological polar surface area (TPSA) is 50.4 Å². The van der Waals surface area contributed by atoms with Crippen LogP contribution in [0.15, 0.2) is 22.7 Å². The quantitative estimate of drug-likeness (QED) is 0.714. The summed E-state index contributed by atoms with van der Waals surface area (Å²) >= 11 is 3.47. The van der Waals surface area contributed by atoms with Gasteiger partial charge in [0.25, 0.3) is 5.91 Å². The molecule has 0 aliphatic rings. The minimum atomic E-state index is -0.513. The standard InChI is InChI=1S/C15H23BrN2O2/c1-4-5-9-18-15(19)11(2)20-14-12(10-17-3)7-6-8-13(14)16/h6-8,11,17H,4-5,9-10H2,1-3H3,(H,18,19). The van der Waals surface area contributed by atoms with Gasteiger partial charge in [-0.2, -0.15) is 0 Å². The van der Waals surface area contributed by atoms with E-state index >= 15 is 0 Å². The van der Waals surface area contributed by atoms with Crippen LogP contribution in [0.2, 0.25) is 0 Å². The lowest BCUT2D eigenvalue weighted by molar-refractivity contribution is -0.127.